The van der Waals surface area contributed by atoms with Crippen LogP contribution in [0.1, 0.15) is 10.6 Å². The maximum Gasteiger partial charge on any atom is 0.126 e. The lowest BCUT2D eigenvalue weighted by atomic mass is 10.4. The molecule has 0 aliphatic rings. The van der Waals surface area contributed by atoms with E-state index in [-0.39, 0.29) is 0 Å². The van der Waals surface area contributed by atoms with E-state index in [9.17, 15) is 0 Å². The lowest BCUT2D eigenvalue weighted by molar-refractivity contribution is 1.09. The predicted octanol–water partition coefficient (Wildman–Crippen LogP) is 1.85. The lowest BCUT2D eigenvalue weighted by Crippen LogP contribution is -1.99. The summed E-state index contributed by atoms with van der Waals surface area (Å²) in [5, 5.41) is 6.97. The third kappa shape index (κ3) is 2.26. The second kappa shape index (κ2) is 4.15. The molecule has 0 unspecified atom stereocenters. The molecule has 0 aliphatic carbocycles. The van der Waals surface area contributed by atoms with Crippen molar-refractivity contribution in [1.29, 1.82) is 0 Å². The molecule has 5 heteroatoms. The fourth-order valence-electron chi connectivity index (χ4n) is 1.08. The molecule has 2 aromatic heterocycles. The Hall–Kier alpha value is -1.49. The van der Waals surface area contributed by atoms with E-state index in [2.05, 4.69) is 19.9 Å². The molecule has 0 bridgehead atoms. The zero-order valence-electron chi connectivity index (χ0n) is 7.77. The SMILES string of the molecule is Cc1cccc(NCc2cnns2)n1. The van der Waals surface area contributed by atoms with Gasteiger partial charge in [0.05, 0.1) is 17.6 Å². The zero-order valence-corrected chi connectivity index (χ0v) is 8.58. The summed E-state index contributed by atoms with van der Waals surface area (Å²) >= 11 is 1.39. The second-order valence-electron chi connectivity index (χ2n) is 2.90. The normalized spacial score (nSPS) is 10.1. The van der Waals surface area contributed by atoms with E-state index in [4.69, 9.17) is 0 Å². The van der Waals surface area contributed by atoms with Crippen LogP contribution in [0.15, 0.2) is 24.4 Å². The van der Waals surface area contributed by atoms with Crippen molar-refractivity contribution < 1.29 is 0 Å². The Morgan fingerprint density at radius 1 is 1.43 bits per heavy atom. The Balaban J connectivity index is 1.98. The molecule has 2 rings (SSSR count). The van der Waals surface area contributed by atoms with Gasteiger partial charge in [-0.2, -0.15) is 0 Å². The molecule has 4 nitrogen and oxygen atoms in total. The topological polar surface area (TPSA) is 50.7 Å². The Morgan fingerprint density at radius 2 is 2.36 bits per heavy atom. The first kappa shape index (κ1) is 9.08. The van der Waals surface area contributed by atoms with Gasteiger partial charge in [-0.1, -0.05) is 10.6 Å². The third-order valence-electron chi connectivity index (χ3n) is 1.74. The maximum atomic E-state index is 4.33. The second-order valence-corrected chi connectivity index (χ2v) is 3.77. The number of rotatable bonds is 3. The average Bonchev–Trinajstić information content (AvgIpc) is 2.67. The van der Waals surface area contributed by atoms with Crippen LogP contribution >= 0.6 is 11.5 Å². The summed E-state index contributed by atoms with van der Waals surface area (Å²) < 4.78 is 3.78. The summed E-state index contributed by atoms with van der Waals surface area (Å²) in [5.74, 6) is 0.887. The van der Waals surface area contributed by atoms with E-state index in [1.165, 1.54) is 11.5 Å². The summed E-state index contributed by atoms with van der Waals surface area (Å²) in [7, 11) is 0. The predicted molar refractivity (Wildman–Crippen MR) is 56.2 cm³/mol. The van der Waals surface area contributed by atoms with Gasteiger partial charge in [0, 0.05) is 5.69 Å². The first-order valence-corrected chi connectivity index (χ1v) is 5.06. The summed E-state index contributed by atoms with van der Waals surface area (Å²) in [4.78, 5) is 5.43. The van der Waals surface area contributed by atoms with Crippen molar-refractivity contribution in [3.05, 3.63) is 35.0 Å². The number of hydrogen-bond donors (Lipinski definition) is 1. The Labute approximate surface area is 86.2 Å². The van der Waals surface area contributed by atoms with Gasteiger partial charge in [0.15, 0.2) is 0 Å². The molecule has 0 aromatic carbocycles. The summed E-state index contributed by atoms with van der Waals surface area (Å²) in [6, 6.07) is 5.90. The van der Waals surface area contributed by atoms with Crippen molar-refractivity contribution in [2.75, 3.05) is 5.32 Å². The van der Waals surface area contributed by atoms with Gasteiger partial charge in [-0.3, -0.25) is 0 Å². The van der Waals surface area contributed by atoms with E-state index in [1.807, 2.05) is 25.1 Å². The van der Waals surface area contributed by atoms with Crippen LogP contribution < -0.4 is 5.32 Å². The summed E-state index contributed by atoms with van der Waals surface area (Å²) in [6.07, 6.45) is 1.76. The highest BCUT2D eigenvalue weighted by molar-refractivity contribution is 7.05. The molecule has 0 amide bonds. The molecule has 0 saturated heterocycles. The highest BCUT2D eigenvalue weighted by Gasteiger charge is 1.97. The van der Waals surface area contributed by atoms with Crippen LogP contribution in [-0.2, 0) is 6.54 Å². The smallest absolute Gasteiger partial charge is 0.126 e. The first-order valence-electron chi connectivity index (χ1n) is 4.28. The fraction of sp³-hybridized carbons (Fsp3) is 0.222. The number of pyridine rings is 1. The van der Waals surface area contributed by atoms with Gasteiger partial charge in [-0.15, -0.1) is 5.10 Å². The molecule has 2 heterocycles. The van der Waals surface area contributed by atoms with Gasteiger partial charge in [0.2, 0.25) is 0 Å². The van der Waals surface area contributed by atoms with Crippen molar-refractivity contribution in [3.63, 3.8) is 0 Å². The van der Waals surface area contributed by atoms with Crippen molar-refractivity contribution in [2.24, 2.45) is 0 Å². The van der Waals surface area contributed by atoms with Crippen molar-refractivity contribution in [1.82, 2.24) is 14.6 Å². The molecule has 2 aromatic rings. The van der Waals surface area contributed by atoms with Crippen molar-refractivity contribution in [2.45, 2.75) is 13.5 Å². The zero-order chi connectivity index (χ0) is 9.80. The standard InChI is InChI=1S/C9H10N4S/c1-7-3-2-4-9(12-7)10-5-8-6-11-13-14-8/h2-4,6H,5H2,1H3,(H,10,12). The number of nitrogens with zero attached hydrogens (tertiary/aromatic N) is 3. The largest absolute Gasteiger partial charge is 0.365 e. The molecule has 0 aliphatic heterocycles. The number of anilines is 1. The molecular weight excluding hydrogens is 196 g/mol. The molecule has 14 heavy (non-hydrogen) atoms. The summed E-state index contributed by atoms with van der Waals surface area (Å²) in [6.45, 7) is 2.70. The minimum atomic E-state index is 0.730. The highest BCUT2D eigenvalue weighted by atomic mass is 32.1. The van der Waals surface area contributed by atoms with Crippen LogP contribution in [0.3, 0.4) is 0 Å². The van der Waals surface area contributed by atoms with Gasteiger partial charge in [0.25, 0.3) is 0 Å². The third-order valence-corrected chi connectivity index (χ3v) is 2.40. The van der Waals surface area contributed by atoms with Crippen LogP contribution in [0.4, 0.5) is 5.82 Å². The lowest BCUT2D eigenvalue weighted by Gasteiger charge is -2.03. The number of nitrogens with one attached hydrogen (secondary N) is 1. The van der Waals surface area contributed by atoms with Crippen LogP contribution in [0.25, 0.3) is 0 Å². The average molecular weight is 206 g/mol. The van der Waals surface area contributed by atoms with Gasteiger partial charge in [0.1, 0.15) is 5.82 Å². The quantitative estimate of drug-likeness (QED) is 0.832. The van der Waals surface area contributed by atoms with Crippen molar-refractivity contribution in [3.8, 4) is 0 Å². The van der Waals surface area contributed by atoms with Crippen LogP contribution in [0.2, 0.25) is 0 Å². The Bertz CT molecular complexity index is 399. The van der Waals surface area contributed by atoms with Gasteiger partial charge in [-0.05, 0) is 30.6 Å². The van der Waals surface area contributed by atoms with E-state index >= 15 is 0 Å². The van der Waals surface area contributed by atoms with E-state index in [0.29, 0.717) is 0 Å². The van der Waals surface area contributed by atoms with Crippen LogP contribution in [0, 0.1) is 6.92 Å². The molecule has 72 valence electrons. The van der Waals surface area contributed by atoms with Crippen LogP contribution in [0.5, 0.6) is 0 Å². The van der Waals surface area contributed by atoms with Gasteiger partial charge in [-0.25, -0.2) is 4.98 Å². The maximum absolute atomic E-state index is 4.33. The highest BCUT2D eigenvalue weighted by Crippen LogP contribution is 2.08. The van der Waals surface area contributed by atoms with Crippen molar-refractivity contribution >= 4 is 17.4 Å². The van der Waals surface area contributed by atoms with E-state index in [1.54, 1.807) is 6.20 Å². The molecule has 0 saturated carbocycles. The minimum absolute atomic E-state index is 0.730. The van der Waals surface area contributed by atoms with Crippen LogP contribution in [-0.4, -0.2) is 14.6 Å². The molecular formula is C9H10N4S. The van der Waals surface area contributed by atoms with Gasteiger partial charge >= 0.3 is 0 Å². The fourth-order valence-corrected chi connectivity index (χ4v) is 1.51. The summed E-state index contributed by atoms with van der Waals surface area (Å²) in [5.41, 5.74) is 1.01. The van der Waals surface area contributed by atoms with E-state index in [0.717, 1.165) is 22.9 Å². The Morgan fingerprint density at radius 3 is 3.07 bits per heavy atom. The number of hydrogen-bond acceptors (Lipinski definition) is 5. The monoisotopic (exact) mass is 206 g/mol. The Kier molecular flexibility index (Phi) is 2.69. The number of aryl methyl sites for hydroxylation is 1. The minimum Gasteiger partial charge on any atom is -0.365 e. The first-order chi connectivity index (χ1) is 6.84. The molecule has 0 fully saturated rings. The number of aromatic nitrogens is 3. The molecule has 0 atom stereocenters. The molecule has 0 spiro atoms. The molecule has 0 radical (unpaired) electrons. The molecule has 1 N–H and O–H groups in total. The van der Waals surface area contributed by atoms with E-state index < -0.39 is 0 Å². The van der Waals surface area contributed by atoms with Gasteiger partial charge < -0.3 is 5.32 Å².